The molecular weight excluding hydrogens is 332 g/mol. The van der Waals surface area contributed by atoms with Gasteiger partial charge in [-0.25, -0.2) is 0 Å². The van der Waals surface area contributed by atoms with Crippen LogP contribution in [-0.4, -0.2) is 22.6 Å². The number of furan rings is 1. The lowest BCUT2D eigenvalue weighted by atomic mass is 10.1. The first-order chi connectivity index (χ1) is 11.6. The van der Waals surface area contributed by atoms with Crippen LogP contribution in [0.25, 0.3) is 11.7 Å². The van der Waals surface area contributed by atoms with E-state index >= 15 is 0 Å². The lowest BCUT2D eigenvalue weighted by molar-refractivity contribution is -0.115. The van der Waals surface area contributed by atoms with Gasteiger partial charge in [-0.3, -0.25) is 10.1 Å². The van der Waals surface area contributed by atoms with E-state index in [-0.39, 0.29) is 30.4 Å². The van der Waals surface area contributed by atoms with Gasteiger partial charge in [-0.15, -0.1) is 5.10 Å². The molecule has 0 fully saturated rings. The Morgan fingerprint density at radius 2 is 2.17 bits per heavy atom. The Morgan fingerprint density at radius 3 is 2.92 bits per heavy atom. The van der Waals surface area contributed by atoms with Crippen LogP contribution in [0.3, 0.4) is 0 Å². The molecule has 0 radical (unpaired) electrons. The molecule has 2 N–H and O–H groups in total. The topological polar surface area (TPSA) is 93.2 Å². The summed E-state index contributed by atoms with van der Waals surface area (Å²) in [7, 11) is 0. The Bertz CT molecular complexity index is 816. The smallest absolute Gasteiger partial charge is 0.322 e. The summed E-state index contributed by atoms with van der Waals surface area (Å²) in [5.74, 6) is 0.352. The number of halogens is 1. The van der Waals surface area contributed by atoms with Gasteiger partial charge in [0.2, 0.25) is 5.91 Å². The van der Waals surface area contributed by atoms with E-state index in [0.717, 1.165) is 5.56 Å². The van der Waals surface area contributed by atoms with Gasteiger partial charge in [0.15, 0.2) is 5.76 Å². The lowest BCUT2D eigenvalue weighted by Gasteiger charge is -2.13. The molecule has 2 heterocycles. The summed E-state index contributed by atoms with van der Waals surface area (Å²) < 4.78 is 10.5. The molecule has 1 aromatic carbocycles. The van der Waals surface area contributed by atoms with Crippen LogP contribution in [-0.2, 0) is 4.79 Å². The molecule has 0 aliphatic carbocycles. The van der Waals surface area contributed by atoms with E-state index in [1.54, 1.807) is 18.2 Å². The van der Waals surface area contributed by atoms with Crippen LogP contribution in [0.1, 0.15) is 18.5 Å². The molecule has 0 bridgehead atoms. The predicted molar refractivity (Wildman–Crippen MR) is 88.5 cm³/mol. The number of aromatic nitrogens is 2. The highest BCUT2D eigenvalue weighted by atomic mass is 35.5. The summed E-state index contributed by atoms with van der Waals surface area (Å²) in [6.45, 7) is 2.03. The number of amides is 1. The minimum atomic E-state index is -0.293. The van der Waals surface area contributed by atoms with Crippen LogP contribution in [0.4, 0.5) is 6.01 Å². The van der Waals surface area contributed by atoms with E-state index in [1.165, 1.54) is 6.26 Å². The van der Waals surface area contributed by atoms with E-state index in [9.17, 15) is 4.79 Å². The number of carbonyl (C=O) groups is 1. The molecule has 8 heteroatoms. The Labute approximate surface area is 143 Å². The van der Waals surface area contributed by atoms with Gasteiger partial charge in [-0.1, -0.05) is 28.8 Å². The summed E-state index contributed by atoms with van der Waals surface area (Å²) in [5.41, 5.74) is 0.994. The van der Waals surface area contributed by atoms with Crippen molar-refractivity contribution < 1.29 is 13.6 Å². The van der Waals surface area contributed by atoms with Gasteiger partial charge in [0.25, 0.3) is 5.89 Å². The summed E-state index contributed by atoms with van der Waals surface area (Å²) in [6.07, 6.45) is 1.50. The minimum Gasteiger partial charge on any atom is -0.459 e. The SMILES string of the molecule is C[C@H](NCC(=O)Nc1nnc(-c2ccco2)o1)c1cccc(Cl)c1. The number of anilines is 1. The van der Waals surface area contributed by atoms with Crippen molar-refractivity contribution in [1.29, 1.82) is 0 Å². The number of nitrogens with zero attached hydrogens (tertiary/aromatic N) is 2. The van der Waals surface area contributed by atoms with Crippen molar-refractivity contribution >= 4 is 23.5 Å². The lowest BCUT2D eigenvalue weighted by Crippen LogP contribution is -2.30. The minimum absolute atomic E-state index is 0.0172. The van der Waals surface area contributed by atoms with Crippen LogP contribution in [0.5, 0.6) is 0 Å². The number of carbonyl (C=O) groups excluding carboxylic acids is 1. The molecule has 7 nitrogen and oxygen atoms in total. The van der Waals surface area contributed by atoms with Crippen LogP contribution in [0.2, 0.25) is 5.02 Å². The molecule has 3 rings (SSSR count). The van der Waals surface area contributed by atoms with E-state index in [0.29, 0.717) is 10.8 Å². The number of rotatable bonds is 6. The number of nitrogens with one attached hydrogen (secondary N) is 2. The third kappa shape index (κ3) is 4.01. The molecule has 2 aromatic heterocycles. The molecule has 124 valence electrons. The largest absolute Gasteiger partial charge is 0.459 e. The molecule has 0 unspecified atom stereocenters. The monoisotopic (exact) mass is 346 g/mol. The van der Waals surface area contributed by atoms with Gasteiger partial charge in [-0.2, -0.15) is 0 Å². The van der Waals surface area contributed by atoms with Crippen molar-refractivity contribution in [3.05, 3.63) is 53.2 Å². The average Bonchev–Trinajstić information content (AvgIpc) is 3.23. The molecule has 0 saturated carbocycles. The van der Waals surface area contributed by atoms with Crippen LogP contribution < -0.4 is 10.6 Å². The van der Waals surface area contributed by atoms with Gasteiger partial charge >= 0.3 is 6.01 Å². The van der Waals surface area contributed by atoms with Gasteiger partial charge in [0.1, 0.15) is 0 Å². The molecule has 0 saturated heterocycles. The Morgan fingerprint density at radius 1 is 1.29 bits per heavy atom. The average molecular weight is 347 g/mol. The molecule has 1 amide bonds. The number of benzene rings is 1. The summed E-state index contributed by atoms with van der Waals surface area (Å²) >= 11 is 5.96. The van der Waals surface area contributed by atoms with Crippen LogP contribution in [0.15, 0.2) is 51.5 Å². The van der Waals surface area contributed by atoms with E-state index in [1.807, 2.05) is 25.1 Å². The number of hydrogen-bond acceptors (Lipinski definition) is 6. The van der Waals surface area contributed by atoms with Crippen molar-refractivity contribution in [2.75, 3.05) is 11.9 Å². The fourth-order valence-electron chi connectivity index (χ4n) is 2.08. The normalized spacial score (nSPS) is 12.1. The van der Waals surface area contributed by atoms with E-state index in [4.69, 9.17) is 20.4 Å². The van der Waals surface area contributed by atoms with Crippen LogP contribution >= 0.6 is 11.6 Å². The van der Waals surface area contributed by atoms with Crippen molar-refractivity contribution in [3.8, 4) is 11.7 Å². The van der Waals surface area contributed by atoms with E-state index in [2.05, 4.69) is 20.8 Å². The zero-order chi connectivity index (χ0) is 16.9. The number of hydrogen-bond donors (Lipinski definition) is 2. The van der Waals surface area contributed by atoms with Crippen molar-refractivity contribution in [2.45, 2.75) is 13.0 Å². The molecule has 1 atom stereocenters. The standard InChI is InChI=1S/C16H15ClN4O3/c1-10(11-4-2-5-12(17)8-11)18-9-14(22)19-16-21-20-15(24-16)13-6-3-7-23-13/h2-8,10,18H,9H2,1H3,(H,19,21,22)/t10-/m0/s1. The maximum Gasteiger partial charge on any atom is 0.322 e. The Kier molecular flexibility index (Phi) is 4.93. The van der Waals surface area contributed by atoms with Gasteiger partial charge < -0.3 is 14.2 Å². The van der Waals surface area contributed by atoms with Gasteiger partial charge in [0, 0.05) is 11.1 Å². The summed E-state index contributed by atoms with van der Waals surface area (Å²) in [5, 5.41) is 13.8. The first-order valence-corrected chi connectivity index (χ1v) is 7.65. The van der Waals surface area contributed by atoms with Crippen molar-refractivity contribution in [3.63, 3.8) is 0 Å². The third-order valence-corrected chi connectivity index (χ3v) is 3.56. The summed E-state index contributed by atoms with van der Waals surface area (Å²) in [6, 6.07) is 10.8. The third-order valence-electron chi connectivity index (χ3n) is 3.32. The Hall–Kier alpha value is -2.64. The first-order valence-electron chi connectivity index (χ1n) is 7.28. The Balaban J connectivity index is 1.52. The highest BCUT2D eigenvalue weighted by Crippen LogP contribution is 2.20. The quantitative estimate of drug-likeness (QED) is 0.711. The maximum absolute atomic E-state index is 12.0. The zero-order valence-corrected chi connectivity index (χ0v) is 13.6. The maximum atomic E-state index is 12.0. The fraction of sp³-hybridized carbons (Fsp3) is 0.188. The van der Waals surface area contributed by atoms with E-state index < -0.39 is 0 Å². The van der Waals surface area contributed by atoms with Crippen molar-refractivity contribution in [2.24, 2.45) is 0 Å². The van der Waals surface area contributed by atoms with Gasteiger partial charge in [-0.05, 0) is 36.8 Å². The molecular formula is C16H15ClN4O3. The molecule has 0 aliphatic heterocycles. The van der Waals surface area contributed by atoms with Crippen LogP contribution in [0, 0.1) is 0 Å². The second kappa shape index (κ2) is 7.29. The molecule has 0 spiro atoms. The second-order valence-electron chi connectivity index (χ2n) is 5.10. The second-order valence-corrected chi connectivity index (χ2v) is 5.53. The van der Waals surface area contributed by atoms with Crippen molar-refractivity contribution in [1.82, 2.24) is 15.5 Å². The first kappa shape index (κ1) is 16.2. The molecule has 0 aliphatic rings. The highest BCUT2D eigenvalue weighted by molar-refractivity contribution is 6.30. The highest BCUT2D eigenvalue weighted by Gasteiger charge is 2.14. The molecule has 3 aromatic rings. The molecule has 24 heavy (non-hydrogen) atoms. The zero-order valence-electron chi connectivity index (χ0n) is 12.8. The summed E-state index contributed by atoms with van der Waals surface area (Å²) in [4.78, 5) is 12.0. The predicted octanol–water partition coefficient (Wildman–Crippen LogP) is 3.27. The fourth-order valence-corrected chi connectivity index (χ4v) is 2.28. The van der Waals surface area contributed by atoms with Gasteiger partial charge in [0.05, 0.1) is 12.8 Å².